The van der Waals surface area contributed by atoms with Crippen molar-refractivity contribution in [3.63, 3.8) is 0 Å². The smallest absolute Gasteiger partial charge is 0.228 e. The average molecular weight is 303 g/mol. The highest BCUT2D eigenvalue weighted by atomic mass is 32.2. The molecule has 1 aliphatic rings. The Morgan fingerprint density at radius 2 is 2.29 bits per heavy atom. The van der Waals surface area contributed by atoms with Crippen LogP contribution in [-0.2, 0) is 11.8 Å². The summed E-state index contributed by atoms with van der Waals surface area (Å²) in [5, 5.41) is 2.99. The first-order valence-corrected chi connectivity index (χ1v) is 8.75. The van der Waals surface area contributed by atoms with Gasteiger partial charge in [-0.2, -0.15) is 11.8 Å². The Balaban J connectivity index is 1.82. The molecule has 4 nitrogen and oxygen atoms in total. The Hall–Kier alpha value is -1.49. The van der Waals surface area contributed by atoms with E-state index in [0.29, 0.717) is 5.92 Å². The van der Waals surface area contributed by atoms with E-state index in [2.05, 4.69) is 16.9 Å². The first kappa shape index (κ1) is 14.4. The number of rotatable bonds is 5. The molecule has 1 N–H and O–H groups in total. The van der Waals surface area contributed by atoms with Gasteiger partial charge < -0.3 is 9.88 Å². The molecule has 21 heavy (non-hydrogen) atoms. The van der Waals surface area contributed by atoms with Crippen molar-refractivity contribution in [1.82, 2.24) is 9.55 Å². The molecule has 5 heteroatoms. The molecule has 1 aromatic carbocycles. The van der Waals surface area contributed by atoms with Gasteiger partial charge in [0.1, 0.15) is 5.82 Å². The third-order valence-electron chi connectivity index (χ3n) is 3.99. The number of carbonyl (C=O) groups excluding carboxylic acids is 1. The topological polar surface area (TPSA) is 46.9 Å². The number of hydrogen-bond acceptors (Lipinski definition) is 3. The number of nitrogens with one attached hydrogen (secondary N) is 1. The number of hydrogen-bond donors (Lipinski definition) is 1. The molecule has 3 rings (SSSR count). The molecular formula is C16H21N3OS. The van der Waals surface area contributed by atoms with E-state index < -0.39 is 0 Å². The van der Waals surface area contributed by atoms with Crippen LogP contribution in [0.5, 0.6) is 0 Å². The summed E-state index contributed by atoms with van der Waals surface area (Å²) in [5.74, 6) is 2.72. The lowest BCUT2D eigenvalue weighted by Crippen LogP contribution is -2.21. The Morgan fingerprint density at radius 1 is 1.52 bits per heavy atom. The standard InChI is InChI=1S/C16H21N3OS/c1-10(9-21-3)16(20)17-12-6-7-14-13(8-12)18-15(19(14)2)11-4-5-11/h6-8,10-11H,4-5,9H2,1-3H3,(H,17,20)/t10-/m1/s1. The maximum atomic E-state index is 12.1. The van der Waals surface area contributed by atoms with Gasteiger partial charge in [0, 0.05) is 30.3 Å². The number of amides is 1. The van der Waals surface area contributed by atoms with Gasteiger partial charge in [0.15, 0.2) is 0 Å². The predicted octanol–water partition coefficient (Wildman–Crippen LogP) is 3.39. The lowest BCUT2D eigenvalue weighted by Gasteiger charge is -2.10. The van der Waals surface area contributed by atoms with Crippen LogP contribution < -0.4 is 5.32 Å². The predicted molar refractivity (Wildman–Crippen MR) is 88.9 cm³/mol. The zero-order valence-corrected chi connectivity index (χ0v) is 13.5. The number of imidazole rings is 1. The van der Waals surface area contributed by atoms with Crippen LogP contribution in [0.3, 0.4) is 0 Å². The molecule has 0 radical (unpaired) electrons. The van der Waals surface area contributed by atoms with Crippen molar-refractivity contribution in [2.45, 2.75) is 25.7 Å². The molecule has 1 fully saturated rings. The molecule has 1 heterocycles. The summed E-state index contributed by atoms with van der Waals surface area (Å²) in [6.45, 7) is 1.95. The number of anilines is 1. The van der Waals surface area contributed by atoms with E-state index in [9.17, 15) is 4.79 Å². The normalized spacial score (nSPS) is 16.1. The van der Waals surface area contributed by atoms with E-state index in [1.165, 1.54) is 18.7 Å². The summed E-state index contributed by atoms with van der Waals surface area (Å²) < 4.78 is 2.18. The molecule has 2 aromatic rings. The highest BCUT2D eigenvalue weighted by Crippen LogP contribution is 2.40. The largest absolute Gasteiger partial charge is 0.331 e. The van der Waals surface area contributed by atoms with E-state index in [1.54, 1.807) is 11.8 Å². The lowest BCUT2D eigenvalue weighted by atomic mass is 10.2. The molecule has 1 aliphatic carbocycles. The van der Waals surface area contributed by atoms with Gasteiger partial charge in [0.2, 0.25) is 5.91 Å². The Labute approximate surface area is 129 Å². The molecule has 1 atom stereocenters. The zero-order valence-electron chi connectivity index (χ0n) is 12.7. The third kappa shape index (κ3) is 2.93. The summed E-state index contributed by atoms with van der Waals surface area (Å²) >= 11 is 1.69. The molecule has 0 saturated heterocycles. The number of carbonyl (C=O) groups is 1. The molecule has 1 aromatic heterocycles. The van der Waals surface area contributed by atoms with Crippen molar-refractivity contribution in [3.8, 4) is 0 Å². The first-order valence-electron chi connectivity index (χ1n) is 7.36. The molecule has 0 spiro atoms. The third-order valence-corrected chi connectivity index (χ3v) is 4.82. The van der Waals surface area contributed by atoms with Crippen molar-refractivity contribution in [2.24, 2.45) is 13.0 Å². The minimum atomic E-state index is 0.0152. The number of fused-ring (bicyclic) bond motifs is 1. The second kappa shape index (κ2) is 5.72. The number of aryl methyl sites for hydroxylation is 1. The number of benzene rings is 1. The minimum absolute atomic E-state index is 0.0152. The molecule has 1 saturated carbocycles. The molecular weight excluding hydrogens is 282 g/mol. The molecule has 0 aliphatic heterocycles. The van der Waals surface area contributed by atoms with E-state index in [1.807, 2.05) is 31.4 Å². The van der Waals surface area contributed by atoms with Gasteiger partial charge in [0.25, 0.3) is 0 Å². The van der Waals surface area contributed by atoms with Gasteiger partial charge in [0.05, 0.1) is 11.0 Å². The monoisotopic (exact) mass is 303 g/mol. The van der Waals surface area contributed by atoms with Crippen LogP contribution in [0.15, 0.2) is 18.2 Å². The molecule has 112 valence electrons. The second-order valence-corrected chi connectivity index (χ2v) is 6.76. The van der Waals surface area contributed by atoms with E-state index in [0.717, 1.165) is 22.5 Å². The molecule has 1 amide bonds. The Morgan fingerprint density at radius 3 is 2.95 bits per heavy atom. The number of thioether (sulfide) groups is 1. The van der Waals surface area contributed by atoms with Crippen LogP contribution in [0, 0.1) is 5.92 Å². The average Bonchev–Trinajstić information content (AvgIpc) is 3.24. The summed E-state index contributed by atoms with van der Waals surface area (Å²) in [5.41, 5.74) is 2.93. The fraction of sp³-hybridized carbons (Fsp3) is 0.500. The molecule has 0 bridgehead atoms. The summed E-state index contributed by atoms with van der Waals surface area (Å²) in [7, 11) is 2.07. The van der Waals surface area contributed by atoms with Crippen LogP contribution in [0.4, 0.5) is 5.69 Å². The fourth-order valence-electron chi connectivity index (χ4n) is 2.59. The highest BCUT2D eigenvalue weighted by Gasteiger charge is 2.28. The number of nitrogens with zero attached hydrogens (tertiary/aromatic N) is 2. The van der Waals surface area contributed by atoms with Crippen molar-refractivity contribution in [1.29, 1.82) is 0 Å². The lowest BCUT2D eigenvalue weighted by molar-refractivity contribution is -0.118. The van der Waals surface area contributed by atoms with Gasteiger partial charge in [-0.3, -0.25) is 4.79 Å². The summed E-state index contributed by atoms with van der Waals surface area (Å²) in [4.78, 5) is 16.8. The minimum Gasteiger partial charge on any atom is -0.331 e. The Bertz CT molecular complexity index is 675. The highest BCUT2D eigenvalue weighted by molar-refractivity contribution is 7.98. The quantitative estimate of drug-likeness (QED) is 0.921. The Kier molecular flexibility index (Phi) is 3.93. The molecule has 0 unspecified atom stereocenters. The van der Waals surface area contributed by atoms with Crippen LogP contribution in [0.2, 0.25) is 0 Å². The van der Waals surface area contributed by atoms with Crippen molar-refractivity contribution >= 4 is 34.4 Å². The van der Waals surface area contributed by atoms with Crippen molar-refractivity contribution in [3.05, 3.63) is 24.0 Å². The SMILES string of the molecule is CSC[C@@H](C)C(=O)Nc1ccc2c(c1)nc(C1CC1)n2C. The van der Waals surface area contributed by atoms with E-state index in [-0.39, 0.29) is 11.8 Å². The maximum Gasteiger partial charge on any atom is 0.228 e. The number of aromatic nitrogens is 2. The van der Waals surface area contributed by atoms with Gasteiger partial charge >= 0.3 is 0 Å². The zero-order chi connectivity index (χ0) is 15.0. The fourth-order valence-corrected chi connectivity index (χ4v) is 3.25. The van der Waals surface area contributed by atoms with Gasteiger partial charge in [-0.15, -0.1) is 0 Å². The van der Waals surface area contributed by atoms with Crippen LogP contribution in [0.1, 0.15) is 31.5 Å². The van der Waals surface area contributed by atoms with Gasteiger partial charge in [-0.1, -0.05) is 6.92 Å². The summed E-state index contributed by atoms with van der Waals surface area (Å²) in [6.07, 6.45) is 4.50. The van der Waals surface area contributed by atoms with Crippen molar-refractivity contribution < 1.29 is 4.79 Å². The van der Waals surface area contributed by atoms with Crippen LogP contribution in [-0.4, -0.2) is 27.5 Å². The second-order valence-electron chi connectivity index (χ2n) is 5.85. The van der Waals surface area contributed by atoms with Crippen LogP contribution in [0.25, 0.3) is 11.0 Å². The van der Waals surface area contributed by atoms with Gasteiger partial charge in [-0.05, 0) is 37.3 Å². The van der Waals surface area contributed by atoms with E-state index >= 15 is 0 Å². The first-order chi connectivity index (χ1) is 10.1. The summed E-state index contributed by atoms with van der Waals surface area (Å²) in [6, 6.07) is 5.98. The van der Waals surface area contributed by atoms with E-state index in [4.69, 9.17) is 4.98 Å². The maximum absolute atomic E-state index is 12.1. The van der Waals surface area contributed by atoms with Gasteiger partial charge in [-0.25, -0.2) is 4.98 Å². The van der Waals surface area contributed by atoms with Crippen LogP contribution >= 0.6 is 11.8 Å². The van der Waals surface area contributed by atoms with Crippen molar-refractivity contribution in [2.75, 3.05) is 17.3 Å².